The quantitative estimate of drug-likeness (QED) is 0.202. The van der Waals surface area contributed by atoms with Crippen molar-refractivity contribution in [2.45, 2.75) is 33.0 Å². The largest absolute Gasteiger partial charge is 0.504 e. The van der Waals surface area contributed by atoms with E-state index < -0.39 is 23.2 Å². The van der Waals surface area contributed by atoms with Crippen molar-refractivity contribution < 1.29 is 27.9 Å². The van der Waals surface area contributed by atoms with Crippen molar-refractivity contribution in [2.24, 2.45) is 7.05 Å². The Kier molecular flexibility index (Phi) is 12.1. The lowest BCUT2D eigenvalue weighted by atomic mass is 10.2. The minimum atomic E-state index is -4.34. The monoisotopic (exact) mass is 768 g/mol. The fourth-order valence-corrected chi connectivity index (χ4v) is 5.91. The summed E-state index contributed by atoms with van der Waals surface area (Å²) in [7, 11) is 3.39. The van der Waals surface area contributed by atoms with Gasteiger partial charge in [-0.25, -0.2) is 24.6 Å². The number of aldehydes is 1. The second-order valence-electron chi connectivity index (χ2n) is 11.8. The third kappa shape index (κ3) is 8.41. The summed E-state index contributed by atoms with van der Waals surface area (Å²) in [5, 5.41) is 21.1. The van der Waals surface area contributed by atoms with Crippen LogP contribution in [0.4, 0.5) is 24.5 Å². The first kappa shape index (κ1) is 39.1. The number of benzene rings is 1. The van der Waals surface area contributed by atoms with Gasteiger partial charge in [0, 0.05) is 57.4 Å². The number of piperazine rings is 1. The van der Waals surface area contributed by atoms with Gasteiger partial charge in [-0.2, -0.15) is 18.3 Å². The molecule has 1 amide bonds. The molecule has 0 bridgehead atoms. The van der Waals surface area contributed by atoms with Gasteiger partial charge in [0.05, 0.1) is 52.1 Å². The molecule has 20 heteroatoms. The van der Waals surface area contributed by atoms with Crippen LogP contribution in [0.1, 0.15) is 34.4 Å². The highest BCUT2D eigenvalue weighted by Crippen LogP contribution is 2.33. The number of aromatic hydroxyl groups is 1. The van der Waals surface area contributed by atoms with Crippen molar-refractivity contribution >= 4 is 46.1 Å². The maximum atomic E-state index is 14.0. The van der Waals surface area contributed by atoms with Crippen LogP contribution in [0.5, 0.6) is 5.75 Å². The number of alkyl halides is 3. The molecule has 284 valence electrons. The van der Waals surface area contributed by atoms with Crippen LogP contribution in [0, 0.1) is 6.92 Å². The predicted molar refractivity (Wildman–Crippen MR) is 194 cm³/mol. The molecule has 1 saturated heterocycles. The van der Waals surface area contributed by atoms with E-state index in [4.69, 9.17) is 11.6 Å². The van der Waals surface area contributed by atoms with Gasteiger partial charge in [-0.3, -0.25) is 24.4 Å². The Balaban J connectivity index is 0.000000365. The van der Waals surface area contributed by atoms with Gasteiger partial charge in [-0.15, -0.1) is 0 Å². The maximum absolute atomic E-state index is 14.0. The smallest absolute Gasteiger partial charge is 0.416 e. The average Bonchev–Trinajstić information content (AvgIpc) is 3.56. The summed E-state index contributed by atoms with van der Waals surface area (Å²) in [6, 6.07) is 3.18. The fourth-order valence-electron chi connectivity index (χ4n) is 5.63. The number of carbonyl (C=O) groups is 2. The normalized spacial score (nSPS) is 12.9. The maximum Gasteiger partial charge on any atom is 0.416 e. The highest BCUT2D eigenvalue weighted by molar-refractivity contribution is 6.33. The molecule has 1 fully saturated rings. The molecule has 54 heavy (non-hydrogen) atoms. The first-order valence-corrected chi connectivity index (χ1v) is 16.9. The van der Waals surface area contributed by atoms with Crippen molar-refractivity contribution in [3.05, 3.63) is 87.5 Å². The molecule has 0 unspecified atom stereocenters. The average molecular weight is 769 g/mol. The Morgan fingerprint density at radius 2 is 1.80 bits per heavy atom. The third-order valence-electron chi connectivity index (χ3n) is 8.54. The lowest BCUT2D eigenvalue weighted by Gasteiger charge is -2.35. The molecular formula is C34H36ClF3N12O4. The summed E-state index contributed by atoms with van der Waals surface area (Å²) >= 11 is 5.57. The zero-order valence-corrected chi connectivity index (χ0v) is 30.4. The number of hydrogen-bond acceptors (Lipinski definition) is 12. The van der Waals surface area contributed by atoms with E-state index in [0.29, 0.717) is 54.1 Å². The van der Waals surface area contributed by atoms with Crippen LogP contribution in [0.2, 0.25) is 5.02 Å². The van der Waals surface area contributed by atoms with Gasteiger partial charge >= 0.3 is 6.18 Å². The van der Waals surface area contributed by atoms with Gasteiger partial charge in [-0.1, -0.05) is 18.5 Å². The first-order chi connectivity index (χ1) is 25.8. The molecule has 0 aliphatic carbocycles. The molecule has 16 nitrogen and oxygen atoms in total. The van der Waals surface area contributed by atoms with Gasteiger partial charge in [0.25, 0.3) is 11.5 Å². The topological polar surface area (TPSA) is 193 Å². The number of aromatic amines is 1. The number of nitrogens with one attached hydrogen (secondary N) is 2. The number of pyridine rings is 1. The Hall–Kier alpha value is -6.11. The molecular weight excluding hydrogens is 733 g/mol. The van der Waals surface area contributed by atoms with E-state index in [1.165, 1.54) is 23.4 Å². The fraction of sp³-hybridized carbons (Fsp3) is 0.324. The molecule has 1 aromatic carbocycles. The van der Waals surface area contributed by atoms with Gasteiger partial charge in [0.2, 0.25) is 0 Å². The SMILES string of the molecule is CCc1ncnc(-c2cncc3c2cnn3C)[nH]n(CC=O)c(=O)c1N1CCN(C(=O)c2ncnc(C)c2O)CC1.CNc1ccc(C(F)(F)F)cc1Cl. The second kappa shape index (κ2) is 16.7. The molecule has 0 radical (unpaired) electrons. The van der Waals surface area contributed by atoms with Crippen LogP contribution in [-0.2, 0) is 31.0 Å². The number of rotatable bonds is 7. The number of fused-ring (bicyclic) bond motifs is 1. The summed E-state index contributed by atoms with van der Waals surface area (Å²) in [4.78, 5) is 63.3. The number of nitrogens with zero attached hydrogens (tertiary/aromatic N) is 10. The van der Waals surface area contributed by atoms with Gasteiger partial charge in [0.1, 0.15) is 24.6 Å². The van der Waals surface area contributed by atoms with Crippen LogP contribution >= 0.6 is 11.6 Å². The molecule has 0 spiro atoms. The minimum Gasteiger partial charge on any atom is -0.504 e. The van der Waals surface area contributed by atoms with Gasteiger partial charge < -0.3 is 25.0 Å². The van der Waals surface area contributed by atoms with Crippen LogP contribution < -0.4 is 15.8 Å². The highest BCUT2D eigenvalue weighted by atomic mass is 35.5. The summed E-state index contributed by atoms with van der Waals surface area (Å²) in [5.74, 6) is -0.390. The van der Waals surface area contributed by atoms with Crippen molar-refractivity contribution in [1.29, 1.82) is 0 Å². The van der Waals surface area contributed by atoms with E-state index in [1.54, 1.807) is 49.2 Å². The lowest BCUT2D eigenvalue weighted by molar-refractivity contribution is -0.137. The van der Waals surface area contributed by atoms with E-state index >= 15 is 0 Å². The van der Waals surface area contributed by atoms with Crippen molar-refractivity contribution in [3.63, 3.8) is 0 Å². The Labute approximate surface area is 311 Å². The van der Waals surface area contributed by atoms with E-state index in [9.17, 15) is 32.7 Å². The van der Waals surface area contributed by atoms with Crippen LogP contribution in [0.15, 0.2) is 54.2 Å². The lowest BCUT2D eigenvalue weighted by Crippen LogP contribution is -2.50. The number of amides is 1. The molecule has 5 heterocycles. The Morgan fingerprint density at radius 1 is 1.07 bits per heavy atom. The predicted octanol–water partition coefficient (Wildman–Crippen LogP) is 3.97. The summed E-state index contributed by atoms with van der Waals surface area (Å²) in [6.07, 6.45) is 4.27. The van der Waals surface area contributed by atoms with Crippen molar-refractivity contribution in [3.8, 4) is 17.1 Å². The summed E-state index contributed by atoms with van der Waals surface area (Å²) in [5.41, 5.74) is 1.67. The number of carbonyl (C=O) groups excluding carboxylic acids is 2. The van der Waals surface area contributed by atoms with Crippen molar-refractivity contribution in [1.82, 2.24) is 49.4 Å². The zero-order chi connectivity index (χ0) is 39.2. The van der Waals surface area contributed by atoms with Crippen LogP contribution in [-0.4, -0.2) is 99.9 Å². The molecule has 1 aliphatic rings. The third-order valence-corrected chi connectivity index (χ3v) is 8.85. The number of hydrogen-bond donors (Lipinski definition) is 3. The number of halogens is 4. The van der Waals surface area contributed by atoms with E-state index in [-0.39, 0.29) is 41.9 Å². The molecule has 0 atom stereocenters. The Bertz CT molecular complexity index is 2280. The standard InChI is InChI=1S/C26H29N11O4.C8H7ClF3N/c1-4-19-22(35-5-7-36(8-6-35)25(40)21-23(39)16(2)28-14-30-21)26(41)37(9-10-38)33-24(31-15-29-19)18-11-27-13-20-17(18)12-32-34(20)3;1-13-7-3-2-5(4-6(7)9)8(10,11)12/h10-15,39H,4-9H2,1-3H3,(H,29,31,33);2-4,13H,1H3. The number of aromatic nitrogens is 9. The minimum absolute atomic E-state index is 0.0632. The number of anilines is 2. The number of aryl methyl sites for hydroxylation is 3. The molecule has 4 aromatic heterocycles. The van der Waals surface area contributed by atoms with Crippen LogP contribution in [0.25, 0.3) is 22.3 Å². The molecule has 6 rings (SSSR count). The van der Waals surface area contributed by atoms with Crippen LogP contribution in [0.3, 0.4) is 0 Å². The van der Waals surface area contributed by atoms with Gasteiger partial charge in [-0.05, 0) is 31.5 Å². The van der Waals surface area contributed by atoms with E-state index in [1.807, 2.05) is 11.8 Å². The molecule has 1 aliphatic heterocycles. The van der Waals surface area contributed by atoms with E-state index in [2.05, 4.69) is 40.4 Å². The zero-order valence-electron chi connectivity index (χ0n) is 29.6. The van der Waals surface area contributed by atoms with Gasteiger partial charge in [0.15, 0.2) is 17.3 Å². The van der Waals surface area contributed by atoms with E-state index in [0.717, 1.165) is 23.0 Å². The first-order valence-electron chi connectivity index (χ1n) is 16.5. The number of H-pyrrole nitrogens is 1. The molecule has 0 saturated carbocycles. The highest BCUT2D eigenvalue weighted by Gasteiger charge is 2.31. The molecule has 5 aromatic rings. The second-order valence-corrected chi connectivity index (χ2v) is 12.2. The molecule has 3 N–H and O–H groups in total. The summed E-state index contributed by atoms with van der Waals surface area (Å²) < 4.78 is 39.2. The van der Waals surface area contributed by atoms with Crippen molar-refractivity contribution in [2.75, 3.05) is 43.4 Å². The summed E-state index contributed by atoms with van der Waals surface area (Å²) in [6.45, 7) is 4.40. The Morgan fingerprint density at radius 3 is 2.44 bits per heavy atom.